The van der Waals surface area contributed by atoms with Crippen molar-refractivity contribution < 1.29 is 4.79 Å². The van der Waals surface area contributed by atoms with E-state index in [-0.39, 0.29) is 5.91 Å². The Labute approximate surface area is 104 Å². The predicted octanol–water partition coefficient (Wildman–Crippen LogP) is 2.57. The molecule has 1 aromatic rings. The maximum absolute atomic E-state index is 11.7. The predicted molar refractivity (Wildman–Crippen MR) is 65.4 cm³/mol. The smallest absolute Gasteiger partial charge is 0.239 e. The third-order valence-electron chi connectivity index (χ3n) is 2.31. The molecule has 0 aromatic heterocycles. The molecule has 0 heterocycles. The number of rotatable bonds is 3. The highest BCUT2D eigenvalue weighted by Gasteiger charge is 2.17. The molecule has 0 spiro atoms. The first-order valence-corrected chi connectivity index (χ1v) is 5.73. The quantitative estimate of drug-likeness (QED) is 0.854. The molecule has 0 saturated heterocycles. The number of hydrogen-bond acceptors (Lipinski definition) is 2. The van der Waals surface area contributed by atoms with Gasteiger partial charge in [0.2, 0.25) is 5.91 Å². The van der Waals surface area contributed by atoms with Gasteiger partial charge in [-0.05, 0) is 18.6 Å². The van der Waals surface area contributed by atoms with Crippen LogP contribution < -0.4 is 0 Å². The molecule has 0 aliphatic rings. The maximum Gasteiger partial charge on any atom is 0.239 e. The summed E-state index contributed by atoms with van der Waals surface area (Å²) in [4.78, 5) is 13.2. The number of hydrogen-bond donors (Lipinski definition) is 0. The molecule has 0 bridgehead atoms. The Morgan fingerprint density at radius 3 is 2.75 bits per heavy atom. The molecule has 84 valence electrons. The molecular formula is C12H13BrN2O. The van der Waals surface area contributed by atoms with E-state index in [9.17, 15) is 4.79 Å². The van der Waals surface area contributed by atoms with Crippen LogP contribution in [-0.2, 0) is 11.3 Å². The molecule has 0 fully saturated rings. The van der Waals surface area contributed by atoms with Crippen LogP contribution in [0.1, 0.15) is 12.5 Å². The number of carbonyl (C=O) groups is 1. The monoisotopic (exact) mass is 280 g/mol. The maximum atomic E-state index is 11.7. The average Bonchev–Trinajstić information content (AvgIpc) is 2.30. The van der Waals surface area contributed by atoms with E-state index in [2.05, 4.69) is 15.9 Å². The highest BCUT2D eigenvalue weighted by Crippen LogP contribution is 2.17. The van der Waals surface area contributed by atoms with Crippen LogP contribution in [-0.4, -0.2) is 17.9 Å². The summed E-state index contributed by atoms with van der Waals surface area (Å²) in [5, 5.41) is 8.67. The van der Waals surface area contributed by atoms with E-state index >= 15 is 0 Å². The van der Waals surface area contributed by atoms with Gasteiger partial charge in [-0.2, -0.15) is 5.26 Å². The standard InChI is InChI=1S/C12H13BrN2O/c1-9(7-14)12(16)15(2)8-10-5-3-4-6-11(10)13/h3-6,9H,8H2,1-2H3. The third kappa shape index (κ3) is 3.07. The van der Waals surface area contributed by atoms with E-state index in [1.807, 2.05) is 30.3 Å². The fraction of sp³-hybridized carbons (Fsp3) is 0.333. The molecule has 3 nitrogen and oxygen atoms in total. The number of carbonyl (C=O) groups excluding carboxylic acids is 1. The summed E-state index contributed by atoms with van der Waals surface area (Å²) in [7, 11) is 1.70. The molecule has 1 atom stereocenters. The zero-order valence-corrected chi connectivity index (χ0v) is 10.9. The average molecular weight is 281 g/mol. The molecular weight excluding hydrogens is 268 g/mol. The Kier molecular flexibility index (Phi) is 4.51. The molecule has 0 aliphatic carbocycles. The molecule has 4 heteroatoms. The highest BCUT2D eigenvalue weighted by atomic mass is 79.9. The van der Waals surface area contributed by atoms with Gasteiger partial charge < -0.3 is 4.90 Å². The third-order valence-corrected chi connectivity index (χ3v) is 3.08. The first-order valence-electron chi connectivity index (χ1n) is 4.94. The van der Waals surface area contributed by atoms with Gasteiger partial charge in [-0.1, -0.05) is 34.1 Å². The Balaban J connectivity index is 2.73. The zero-order chi connectivity index (χ0) is 12.1. The van der Waals surface area contributed by atoms with E-state index in [0.29, 0.717) is 6.54 Å². The number of halogens is 1. The Morgan fingerprint density at radius 2 is 2.19 bits per heavy atom. The number of nitriles is 1. The minimum absolute atomic E-state index is 0.154. The van der Waals surface area contributed by atoms with Crippen LogP contribution in [0.3, 0.4) is 0 Å². The molecule has 16 heavy (non-hydrogen) atoms. The van der Waals surface area contributed by atoms with E-state index in [1.165, 1.54) is 0 Å². The SMILES string of the molecule is CC(C#N)C(=O)N(C)Cc1ccccc1Br. The van der Waals surface area contributed by atoms with Gasteiger partial charge in [0.1, 0.15) is 5.92 Å². The van der Waals surface area contributed by atoms with E-state index in [0.717, 1.165) is 10.0 Å². The Hall–Kier alpha value is -1.34. The van der Waals surface area contributed by atoms with Crippen molar-refractivity contribution in [3.63, 3.8) is 0 Å². The Bertz CT molecular complexity index is 425. The number of nitrogens with zero attached hydrogens (tertiary/aromatic N) is 2. The topological polar surface area (TPSA) is 44.1 Å². The fourth-order valence-corrected chi connectivity index (χ4v) is 1.76. The molecule has 0 aliphatic heterocycles. The fourth-order valence-electron chi connectivity index (χ4n) is 1.35. The minimum Gasteiger partial charge on any atom is -0.340 e. The van der Waals surface area contributed by atoms with Gasteiger partial charge in [0.05, 0.1) is 6.07 Å². The molecule has 1 rings (SSSR count). The van der Waals surface area contributed by atoms with Gasteiger partial charge in [0.15, 0.2) is 0 Å². The highest BCUT2D eigenvalue weighted by molar-refractivity contribution is 9.10. The first kappa shape index (κ1) is 12.7. The van der Waals surface area contributed by atoms with Crippen LogP contribution in [0.15, 0.2) is 28.7 Å². The number of benzene rings is 1. The normalized spacial score (nSPS) is 11.6. The van der Waals surface area contributed by atoms with Gasteiger partial charge in [-0.25, -0.2) is 0 Å². The summed E-state index contributed by atoms with van der Waals surface area (Å²) in [5.74, 6) is -0.745. The van der Waals surface area contributed by atoms with Crippen LogP contribution in [0.4, 0.5) is 0 Å². The van der Waals surface area contributed by atoms with Crippen LogP contribution >= 0.6 is 15.9 Å². The van der Waals surface area contributed by atoms with Crippen molar-refractivity contribution in [1.29, 1.82) is 5.26 Å². The number of amides is 1. The van der Waals surface area contributed by atoms with Crippen molar-refractivity contribution >= 4 is 21.8 Å². The van der Waals surface area contributed by atoms with Crippen molar-refractivity contribution in [3.8, 4) is 6.07 Å². The van der Waals surface area contributed by atoms with Crippen molar-refractivity contribution in [3.05, 3.63) is 34.3 Å². The van der Waals surface area contributed by atoms with Crippen molar-refractivity contribution in [2.24, 2.45) is 5.92 Å². The summed E-state index contributed by atoms with van der Waals surface area (Å²) in [6, 6.07) is 9.67. The summed E-state index contributed by atoms with van der Waals surface area (Å²) < 4.78 is 0.972. The lowest BCUT2D eigenvalue weighted by atomic mass is 10.1. The second-order valence-electron chi connectivity index (χ2n) is 3.64. The lowest BCUT2D eigenvalue weighted by molar-refractivity contribution is -0.132. The lowest BCUT2D eigenvalue weighted by Gasteiger charge is -2.19. The minimum atomic E-state index is -0.590. The second kappa shape index (κ2) is 5.66. The van der Waals surface area contributed by atoms with E-state index < -0.39 is 5.92 Å². The zero-order valence-electron chi connectivity index (χ0n) is 9.27. The summed E-state index contributed by atoms with van der Waals surface area (Å²) in [5.41, 5.74) is 1.03. The lowest BCUT2D eigenvalue weighted by Crippen LogP contribution is -2.30. The Morgan fingerprint density at radius 1 is 1.56 bits per heavy atom. The van der Waals surface area contributed by atoms with Crippen LogP contribution in [0.2, 0.25) is 0 Å². The van der Waals surface area contributed by atoms with Crippen LogP contribution in [0.25, 0.3) is 0 Å². The van der Waals surface area contributed by atoms with Crippen molar-refractivity contribution in [1.82, 2.24) is 4.90 Å². The first-order chi connectivity index (χ1) is 7.56. The van der Waals surface area contributed by atoms with Crippen LogP contribution in [0.5, 0.6) is 0 Å². The molecule has 1 aromatic carbocycles. The molecule has 0 saturated carbocycles. The van der Waals surface area contributed by atoms with Crippen molar-refractivity contribution in [2.75, 3.05) is 7.05 Å². The summed E-state index contributed by atoms with van der Waals surface area (Å²) >= 11 is 3.43. The van der Waals surface area contributed by atoms with Crippen LogP contribution in [0, 0.1) is 17.2 Å². The van der Waals surface area contributed by atoms with Gasteiger partial charge in [0, 0.05) is 18.1 Å². The largest absolute Gasteiger partial charge is 0.340 e. The second-order valence-corrected chi connectivity index (χ2v) is 4.49. The van der Waals surface area contributed by atoms with Gasteiger partial charge in [-0.15, -0.1) is 0 Å². The molecule has 1 amide bonds. The molecule has 1 unspecified atom stereocenters. The van der Waals surface area contributed by atoms with Crippen molar-refractivity contribution in [2.45, 2.75) is 13.5 Å². The van der Waals surface area contributed by atoms with E-state index in [1.54, 1.807) is 18.9 Å². The molecule has 0 N–H and O–H groups in total. The van der Waals surface area contributed by atoms with Gasteiger partial charge in [0.25, 0.3) is 0 Å². The van der Waals surface area contributed by atoms with Gasteiger partial charge >= 0.3 is 0 Å². The molecule has 0 radical (unpaired) electrons. The summed E-state index contributed by atoms with van der Waals surface area (Å²) in [6.07, 6.45) is 0. The van der Waals surface area contributed by atoms with Gasteiger partial charge in [-0.3, -0.25) is 4.79 Å². The summed E-state index contributed by atoms with van der Waals surface area (Å²) in [6.45, 7) is 2.12. The van der Waals surface area contributed by atoms with E-state index in [4.69, 9.17) is 5.26 Å².